The first kappa shape index (κ1) is 14.1. The van der Waals surface area contributed by atoms with Crippen LogP contribution >= 0.6 is 34.8 Å². The molecule has 0 bridgehead atoms. The molecule has 1 amide bonds. The van der Waals surface area contributed by atoms with Gasteiger partial charge in [-0.25, -0.2) is 0 Å². The second-order valence-electron chi connectivity index (χ2n) is 3.37. The summed E-state index contributed by atoms with van der Waals surface area (Å²) in [6.45, 7) is 0. The molecule has 0 saturated carbocycles. The Morgan fingerprint density at radius 1 is 1.24 bits per heavy atom. The van der Waals surface area contributed by atoms with Gasteiger partial charge in [-0.2, -0.15) is 5.10 Å². The SMILES string of the molecule is CN(C)C(=O)C(Cl)=NNc1cc(Cl)cc(Cl)c1. The highest BCUT2D eigenvalue weighted by atomic mass is 35.5. The van der Waals surface area contributed by atoms with Crippen molar-refractivity contribution in [2.75, 3.05) is 19.5 Å². The maximum Gasteiger partial charge on any atom is 0.285 e. The van der Waals surface area contributed by atoms with E-state index in [0.717, 1.165) is 0 Å². The molecule has 0 spiro atoms. The summed E-state index contributed by atoms with van der Waals surface area (Å²) in [5, 5.41) is 4.47. The van der Waals surface area contributed by atoms with Gasteiger partial charge in [-0.3, -0.25) is 10.2 Å². The molecule has 0 radical (unpaired) electrons. The van der Waals surface area contributed by atoms with Crippen LogP contribution in [0.2, 0.25) is 10.0 Å². The van der Waals surface area contributed by atoms with Crippen molar-refractivity contribution in [1.29, 1.82) is 0 Å². The van der Waals surface area contributed by atoms with Crippen LogP contribution in [-0.2, 0) is 4.79 Å². The predicted octanol–water partition coefficient (Wildman–Crippen LogP) is 3.05. The van der Waals surface area contributed by atoms with E-state index in [2.05, 4.69) is 10.5 Å². The third-order valence-electron chi connectivity index (χ3n) is 1.73. The van der Waals surface area contributed by atoms with Gasteiger partial charge in [-0.05, 0) is 18.2 Å². The number of hydrazone groups is 1. The van der Waals surface area contributed by atoms with E-state index < -0.39 is 5.91 Å². The van der Waals surface area contributed by atoms with Crippen LogP contribution in [0.15, 0.2) is 23.3 Å². The molecule has 0 aliphatic heterocycles. The van der Waals surface area contributed by atoms with Gasteiger partial charge in [0.15, 0.2) is 0 Å². The van der Waals surface area contributed by atoms with Gasteiger partial charge in [-0.15, -0.1) is 0 Å². The molecule has 1 aromatic rings. The molecular formula is C10H10Cl3N3O. The van der Waals surface area contributed by atoms with Gasteiger partial charge < -0.3 is 4.90 Å². The van der Waals surface area contributed by atoms with Crippen LogP contribution in [0.4, 0.5) is 5.69 Å². The zero-order chi connectivity index (χ0) is 13.0. The number of carbonyl (C=O) groups is 1. The Morgan fingerprint density at radius 2 is 1.76 bits per heavy atom. The second kappa shape index (κ2) is 6.10. The van der Waals surface area contributed by atoms with Crippen LogP contribution in [0.5, 0.6) is 0 Å². The first-order chi connectivity index (χ1) is 7.90. The summed E-state index contributed by atoms with van der Waals surface area (Å²) in [5.41, 5.74) is 3.15. The van der Waals surface area contributed by atoms with Crippen LogP contribution in [0.25, 0.3) is 0 Å². The van der Waals surface area contributed by atoms with E-state index in [1.54, 1.807) is 32.3 Å². The smallest absolute Gasteiger partial charge is 0.285 e. The lowest BCUT2D eigenvalue weighted by molar-refractivity contribution is -0.121. The Kier molecular flexibility index (Phi) is 5.05. The van der Waals surface area contributed by atoms with Crippen molar-refractivity contribution in [2.45, 2.75) is 0 Å². The number of nitrogens with one attached hydrogen (secondary N) is 1. The Bertz CT molecular complexity index is 440. The van der Waals surface area contributed by atoms with Gasteiger partial charge in [0.05, 0.1) is 5.69 Å². The molecule has 0 atom stereocenters. The molecule has 0 aliphatic carbocycles. The zero-order valence-electron chi connectivity index (χ0n) is 9.17. The van der Waals surface area contributed by atoms with Crippen LogP contribution in [-0.4, -0.2) is 30.1 Å². The number of benzene rings is 1. The topological polar surface area (TPSA) is 44.7 Å². The predicted molar refractivity (Wildman–Crippen MR) is 72.1 cm³/mol. The summed E-state index contributed by atoms with van der Waals surface area (Å²) in [6, 6.07) is 4.81. The van der Waals surface area contributed by atoms with Gasteiger partial charge >= 0.3 is 0 Å². The molecule has 1 aromatic carbocycles. The van der Waals surface area contributed by atoms with E-state index in [-0.39, 0.29) is 5.17 Å². The van der Waals surface area contributed by atoms with E-state index in [1.165, 1.54) is 4.90 Å². The van der Waals surface area contributed by atoms with Crippen LogP contribution in [0.1, 0.15) is 0 Å². The van der Waals surface area contributed by atoms with Crippen molar-refractivity contribution < 1.29 is 4.79 Å². The first-order valence-electron chi connectivity index (χ1n) is 4.57. The number of halogens is 3. The fraction of sp³-hybridized carbons (Fsp3) is 0.200. The number of anilines is 1. The Labute approximate surface area is 114 Å². The van der Waals surface area contributed by atoms with Crippen LogP contribution in [0.3, 0.4) is 0 Å². The fourth-order valence-corrected chi connectivity index (χ4v) is 1.70. The minimum absolute atomic E-state index is 0.175. The van der Waals surface area contributed by atoms with Crippen molar-refractivity contribution in [2.24, 2.45) is 5.10 Å². The normalized spacial score (nSPS) is 11.2. The average Bonchev–Trinajstić information content (AvgIpc) is 2.23. The maximum absolute atomic E-state index is 11.4. The molecule has 1 rings (SSSR count). The summed E-state index contributed by atoms with van der Waals surface area (Å²) in [6.07, 6.45) is 0. The summed E-state index contributed by atoms with van der Waals surface area (Å²) >= 11 is 17.3. The summed E-state index contributed by atoms with van der Waals surface area (Å²) in [5.74, 6) is -0.396. The number of carbonyl (C=O) groups excluding carboxylic acids is 1. The zero-order valence-corrected chi connectivity index (χ0v) is 11.4. The first-order valence-corrected chi connectivity index (χ1v) is 5.70. The third-order valence-corrected chi connectivity index (χ3v) is 2.41. The van der Waals surface area contributed by atoms with Crippen molar-refractivity contribution in [3.63, 3.8) is 0 Å². The van der Waals surface area contributed by atoms with Crippen molar-refractivity contribution in [1.82, 2.24) is 4.90 Å². The molecule has 0 heterocycles. The molecular weight excluding hydrogens is 284 g/mol. The molecule has 7 heteroatoms. The molecule has 0 aliphatic rings. The number of hydrogen-bond acceptors (Lipinski definition) is 3. The van der Waals surface area contributed by atoms with Gasteiger partial charge in [0.1, 0.15) is 0 Å². The summed E-state index contributed by atoms with van der Waals surface area (Å²) in [7, 11) is 3.16. The van der Waals surface area contributed by atoms with E-state index in [4.69, 9.17) is 34.8 Å². The van der Waals surface area contributed by atoms with Crippen molar-refractivity contribution in [3.05, 3.63) is 28.2 Å². The highest BCUT2D eigenvalue weighted by molar-refractivity contribution is 6.82. The molecule has 17 heavy (non-hydrogen) atoms. The highest BCUT2D eigenvalue weighted by Crippen LogP contribution is 2.22. The molecule has 4 nitrogen and oxygen atoms in total. The largest absolute Gasteiger partial charge is 0.343 e. The van der Waals surface area contributed by atoms with E-state index in [0.29, 0.717) is 15.7 Å². The van der Waals surface area contributed by atoms with Crippen LogP contribution in [0, 0.1) is 0 Å². The number of amides is 1. The van der Waals surface area contributed by atoms with Gasteiger partial charge in [0.25, 0.3) is 5.91 Å². The van der Waals surface area contributed by atoms with Gasteiger partial charge in [0, 0.05) is 24.1 Å². The number of rotatable bonds is 3. The molecule has 1 N–H and O–H groups in total. The second-order valence-corrected chi connectivity index (χ2v) is 4.60. The third kappa shape index (κ3) is 4.42. The summed E-state index contributed by atoms with van der Waals surface area (Å²) in [4.78, 5) is 12.7. The minimum Gasteiger partial charge on any atom is -0.343 e. The minimum atomic E-state index is -0.396. The average molecular weight is 295 g/mol. The standard InChI is InChI=1S/C10H10Cl3N3O/c1-16(2)10(17)9(13)15-14-8-4-6(11)3-7(12)5-8/h3-5,14H,1-2H3. The molecule has 0 fully saturated rings. The quantitative estimate of drug-likeness (QED) is 0.688. The fourth-order valence-electron chi connectivity index (χ4n) is 0.964. The highest BCUT2D eigenvalue weighted by Gasteiger charge is 2.10. The van der Waals surface area contributed by atoms with Crippen molar-refractivity contribution >= 4 is 51.6 Å². The van der Waals surface area contributed by atoms with E-state index >= 15 is 0 Å². The van der Waals surface area contributed by atoms with E-state index in [1.807, 2.05) is 0 Å². The summed E-state index contributed by atoms with van der Waals surface area (Å²) < 4.78 is 0. The lowest BCUT2D eigenvalue weighted by atomic mass is 10.3. The molecule has 0 aromatic heterocycles. The Balaban J connectivity index is 2.79. The molecule has 0 saturated heterocycles. The maximum atomic E-state index is 11.4. The lowest BCUT2D eigenvalue weighted by Gasteiger charge is -2.08. The Morgan fingerprint density at radius 3 is 2.24 bits per heavy atom. The lowest BCUT2D eigenvalue weighted by Crippen LogP contribution is -2.27. The number of hydrogen-bond donors (Lipinski definition) is 1. The monoisotopic (exact) mass is 293 g/mol. The molecule has 0 unspecified atom stereocenters. The number of nitrogens with zero attached hydrogens (tertiary/aromatic N) is 2. The van der Waals surface area contributed by atoms with Gasteiger partial charge in [-0.1, -0.05) is 34.8 Å². The van der Waals surface area contributed by atoms with Crippen LogP contribution < -0.4 is 5.43 Å². The van der Waals surface area contributed by atoms with Gasteiger partial charge in [0.2, 0.25) is 5.17 Å². The Hall–Kier alpha value is -0.970. The van der Waals surface area contributed by atoms with E-state index in [9.17, 15) is 4.79 Å². The van der Waals surface area contributed by atoms with Crippen molar-refractivity contribution in [3.8, 4) is 0 Å². The molecule has 92 valence electrons.